The third-order valence-corrected chi connectivity index (χ3v) is 2.72. The van der Waals surface area contributed by atoms with Gasteiger partial charge in [-0.3, -0.25) is 5.10 Å². The number of aromatic nitrogens is 2. The van der Waals surface area contributed by atoms with Crippen LogP contribution in [0.1, 0.15) is 17.2 Å². The molecule has 0 saturated heterocycles. The number of hydrogen-bond acceptors (Lipinski definition) is 4. The molecule has 0 saturated carbocycles. The second-order valence-electron chi connectivity index (χ2n) is 3.84. The Hall–Kier alpha value is -2.01. The Morgan fingerprint density at radius 1 is 1.18 bits per heavy atom. The minimum Gasteiger partial charge on any atom is -0.486 e. The molecule has 1 aromatic heterocycles. The van der Waals surface area contributed by atoms with E-state index in [1.807, 2.05) is 12.1 Å². The van der Waals surface area contributed by atoms with Crippen molar-refractivity contribution in [3.63, 3.8) is 0 Å². The topological polar surface area (TPSA) is 67.4 Å². The lowest BCUT2D eigenvalue weighted by Crippen LogP contribution is -2.15. The molecule has 1 unspecified atom stereocenters. The van der Waals surface area contributed by atoms with E-state index in [9.17, 15) is 5.11 Å². The Balaban J connectivity index is 1.93. The van der Waals surface area contributed by atoms with E-state index in [0.29, 0.717) is 19.0 Å². The first-order valence-corrected chi connectivity index (χ1v) is 5.41. The summed E-state index contributed by atoms with van der Waals surface area (Å²) in [5, 5.41) is 16.6. The monoisotopic (exact) mass is 232 g/mol. The van der Waals surface area contributed by atoms with Crippen molar-refractivity contribution in [1.29, 1.82) is 0 Å². The van der Waals surface area contributed by atoms with Crippen LogP contribution < -0.4 is 9.47 Å². The van der Waals surface area contributed by atoms with Crippen molar-refractivity contribution < 1.29 is 14.6 Å². The first-order chi connectivity index (χ1) is 8.34. The molecule has 1 aliphatic rings. The second-order valence-corrected chi connectivity index (χ2v) is 3.84. The number of nitrogens with one attached hydrogen (secondary N) is 1. The van der Waals surface area contributed by atoms with Gasteiger partial charge >= 0.3 is 0 Å². The van der Waals surface area contributed by atoms with E-state index in [4.69, 9.17) is 9.47 Å². The lowest BCUT2D eigenvalue weighted by Gasteiger charge is -2.19. The van der Waals surface area contributed by atoms with Gasteiger partial charge in [0.25, 0.3) is 0 Å². The number of benzene rings is 1. The zero-order valence-electron chi connectivity index (χ0n) is 9.09. The largest absolute Gasteiger partial charge is 0.486 e. The van der Waals surface area contributed by atoms with Crippen molar-refractivity contribution >= 4 is 0 Å². The molecular formula is C12H12N2O3. The summed E-state index contributed by atoms with van der Waals surface area (Å²) in [4.78, 5) is 0. The van der Waals surface area contributed by atoms with E-state index in [1.165, 1.54) is 0 Å². The standard InChI is InChI=1S/C12H12N2O3/c15-12(9-6-13-14-7-9)8-1-2-10-11(5-8)17-4-3-16-10/h1-2,5-7,12,15H,3-4H2,(H,13,14). The summed E-state index contributed by atoms with van der Waals surface area (Å²) in [5.41, 5.74) is 1.48. The smallest absolute Gasteiger partial charge is 0.161 e. The molecule has 5 heteroatoms. The predicted octanol–water partition coefficient (Wildman–Crippen LogP) is 1.26. The van der Waals surface area contributed by atoms with E-state index in [0.717, 1.165) is 16.9 Å². The zero-order chi connectivity index (χ0) is 11.7. The number of nitrogens with zero attached hydrogens (tertiary/aromatic N) is 1. The zero-order valence-corrected chi connectivity index (χ0v) is 9.09. The highest BCUT2D eigenvalue weighted by molar-refractivity contribution is 5.45. The quantitative estimate of drug-likeness (QED) is 0.818. The van der Waals surface area contributed by atoms with Gasteiger partial charge in [0.15, 0.2) is 11.5 Å². The van der Waals surface area contributed by atoms with Gasteiger partial charge in [-0.05, 0) is 17.7 Å². The van der Waals surface area contributed by atoms with Crippen LogP contribution in [0.4, 0.5) is 0 Å². The van der Waals surface area contributed by atoms with Crippen molar-refractivity contribution in [2.75, 3.05) is 13.2 Å². The first kappa shape index (κ1) is 10.2. The molecule has 5 nitrogen and oxygen atoms in total. The first-order valence-electron chi connectivity index (χ1n) is 5.41. The number of H-pyrrole nitrogens is 1. The summed E-state index contributed by atoms with van der Waals surface area (Å²) in [6.07, 6.45) is 2.56. The molecule has 2 N–H and O–H groups in total. The molecule has 17 heavy (non-hydrogen) atoms. The summed E-state index contributed by atoms with van der Waals surface area (Å²) in [6, 6.07) is 5.43. The number of ether oxygens (including phenoxy) is 2. The maximum atomic E-state index is 10.1. The predicted molar refractivity (Wildman–Crippen MR) is 60.1 cm³/mol. The van der Waals surface area contributed by atoms with Crippen LogP contribution in [0, 0.1) is 0 Å². The highest BCUT2D eigenvalue weighted by Crippen LogP contribution is 2.33. The summed E-state index contributed by atoms with van der Waals surface area (Å²) < 4.78 is 10.9. The molecule has 1 atom stereocenters. The minimum atomic E-state index is -0.704. The van der Waals surface area contributed by atoms with Crippen LogP contribution in [-0.4, -0.2) is 28.5 Å². The number of aliphatic hydroxyl groups is 1. The SMILES string of the molecule is OC(c1cn[nH]c1)c1ccc2c(c1)OCCO2. The highest BCUT2D eigenvalue weighted by atomic mass is 16.6. The Labute approximate surface area is 98.0 Å². The molecule has 0 radical (unpaired) electrons. The van der Waals surface area contributed by atoms with Gasteiger partial charge in [-0.15, -0.1) is 0 Å². The molecule has 0 amide bonds. The summed E-state index contributed by atoms with van der Waals surface area (Å²) in [7, 11) is 0. The van der Waals surface area contributed by atoms with Crippen molar-refractivity contribution in [3.8, 4) is 11.5 Å². The van der Waals surface area contributed by atoms with Crippen LogP contribution in [0.3, 0.4) is 0 Å². The van der Waals surface area contributed by atoms with Crippen molar-refractivity contribution in [2.24, 2.45) is 0 Å². The van der Waals surface area contributed by atoms with Crippen LogP contribution in [0.25, 0.3) is 0 Å². The molecule has 88 valence electrons. The van der Waals surface area contributed by atoms with Crippen LogP contribution in [0.5, 0.6) is 11.5 Å². The van der Waals surface area contributed by atoms with Crippen molar-refractivity contribution in [1.82, 2.24) is 10.2 Å². The lowest BCUT2D eigenvalue weighted by molar-refractivity contribution is 0.169. The van der Waals surface area contributed by atoms with E-state index >= 15 is 0 Å². The van der Waals surface area contributed by atoms with Crippen LogP contribution >= 0.6 is 0 Å². The average molecular weight is 232 g/mol. The molecule has 1 aliphatic heterocycles. The average Bonchev–Trinajstić information content (AvgIpc) is 2.91. The van der Waals surface area contributed by atoms with Crippen LogP contribution in [-0.2, 0) is 0 Å². The Morgan fingerprint density at radius 3 is 2.76 bits per heavy atom. The summed E-state index contributed by atoms with van der Waals surface area (Å²) in [5.74, 6) is 1.40. The number of rotatable bonds is 2. The van der Waals surface area contributed by atoms with E-state index in [-0.39, 0.29) is 0 Å². The molecule has 2 aromatic rings. The van der Waals surface area contributed by atoms with Gasteiger partial charge in [-0.1, -0.05) is 6.07 Å². The fraction of sp³-hybridized carbons (Fsp3) is 0.250. The van der Waals surface area contributed by atoms with Crippen LogP contribution in [0.15, 0.2) is 30.6 Å². The second kappa shape index (κ2) is 4.10. The van der Waals surface area contributed by atoms with Crippen molar-refractivity contribution in [2.45, 2.75) is 6.10 Å². The molecule has 0 fully saturated rings. The number of aromatic amines is 1. The van der Waals surface area contributed by atoms with E-state index in [1.54, 1.807) is 18.5 Å². The van der Waals surface area contributed by atoms with Gasteiger partial charge < -0.3 is 14.6 Å². The fourth-order valence-corrected chi connectivity index (χ4v) is 1.83. The minimum absolute atomic E-state index is 0.540. The van der Waals surface area contributed by atoms with E-state index in [2.05, 4.69) is 10.2 Å². The number of aliphatic hydroxyl groups excluding tert-OH is 1. The van der Waals surface area contributed by atoms with Gasteiger partial charge in [0.1, 0.15) is 19.3 Å². The third-order valence-electron chi connectivity index (χ3n) is 2.72. The maximum Gasteiger partial charge on any atom is 0.161 e. The molecule has 2 heterocycles. The molecule has 3 rings (SSSR count). The van der Waals surface area contributed by atoms with Gasteiger partial charge in [0.2, 0.25) is 0 Å². The normalized spacial score (nSPS) is 15.6. The highest BCUT2D eigenvalue weighted by Gasteiger charge is 2.16. The van der Waals surface area contributed by atoms with Gasteiger partial charge in [-0.2, -0.15) is 5.10 Å². The fourth-order valence-electron chi connectivity index (χ4n) is 1.83. The number of hydrogen-bond donors (Lipinski definition) is 2. The number of fused-ring (bicyclic) bond motifs is 1. The molecule has 1 aromatic carbocycles. The third kappa shape index (κ3) is 1.85. The molecule has 0 bridgehead atoms. The Kier molecular flexibility index (Phi) is 2.45. The van der Waals surface area contributed by atoms with Crippen molar-refractivity contribution in [3.05, 3.63) is 41.7 Å². The maximum absolute atomic E-state index is 10.1. The van der Waals surface area contributed by atoms with E-state index < -0.39 is 6.10 Å². The molecular weight excluding hydrogens is 220 g/mol. The molecule has 0 aliphatic carbocycles. The van der Waals surface area contributed by atoms with Crippen LogP contribution in [0.2, 0.25) is 0 Å². The molecule has 0 spiro atoms. The van der Waals surface area contributed by atoms with Gasteiger partial charge in [0.05, 0.1) is 6.20 Å². The van der Waals surface area contributed by atoms with Gasteiger partial charge in [0, 0.05) is 11.8 Å². The Morgan fingerprint density at radius 2 is 2.00 bits per heavy atom. The van der Waals surface area contributed by atoms with Gasteiger partial charge in [-0.25, -0.2) is 0 Å². The Bertz CT molecular complexity index is 510. The lowest BCUT2D eigenvalue weighted by atomic mass is 10.0. The summed E-state index contributed by atoms with van der Waals surface area (Å²) in [6.45, 7) is 1.11. The summed E-state index contributed by atoms with van der Waals surface area (Å²) >= 11 is 0.